The van der Waals surface area contributed by atoms with Crippen molar-refractivity contribution in [2.24, 2.45) is 11.1 Å². The molecule has 1 heterocycles. The maximum absolute atomic E-state index is 6.02. The highest BCUT2D eigenvalue weighted by molar-refractivity contribution is 4.92. The van der Waals surface area contributed by atoms with Crippen molar-refractivity contribution in [1.82, 2.24) is 4.90 Å². The molecule has 0 aromatic heterocycles. The molecule has 0 aromatic rings. The van der Waals surface area contributed by atoms with E-state index in [-0.39, 0.29) is 5.41 Å². The van der Waals surface area contributed by atoms with Gasteiger partial charge in [0, 0.05) is 39.5 Å². The molecule has 4 heteroatoms. The Balaban J connectivity index is 1.89. The Morgan fingerprint density at radius 2 is 2.06 bits per heavy atom. The molecule has 0 amide bonds. The van der Waals surface area contributed by atoms with Crippen LogP contribution in [0.3, 0.4) is 0 Å². The topological polar surface area (TPSA) is 47.7 Å². The molecule has 0 radical (unpaired) electrons. The first kappa shape index (κ1) is 13.3. The van der Waals surface area contributed by atoms with E-state index < -0.39 is 0 Å². The van der Waals surface area contributed by atoms with Gasteiger partial charge in [-0.1, -0.05) is 0 Å². The minimum atomic E-state index is 0.286. The van der Waals surface area contributed by atoms with Gasteiger partial charge in [0.15, 0.2) is 0 Å². The molecule has 2 fully saturated rings. The average molecular weight is 242 g/mol. The van der Waals surface area contributed by atoms with Gasteiger partial charge >= 0.3 is 0 Å². The summed E-state index contributed by atoms with van der Waals surface area (Å²) in [5.74, 6) is 0. The Labute approximate surface area is 104 Å². The van der Waals surface area contributed by atoms with E-state index >= 15 is 0 Å². The van der Waals surface area contributed by atoms with Crippen LogP contribution in [0.2, 0.25) is 0 Å². The molecule has 0 atom stereocenters. The molecule has 0 spiro atoms. The number of nitrogens with two attached hydrogens (primary N) is 1. The van der Waals surface area contributed by atoms with E-state index in [1.165, 1.54) is 12.8 Å². The molecule has 2 N–H and O–H groups in total. The molecule has 2 rings (SSSR count). The van der Waals surface area contributed by atoms with E-state index in [1.54, 1.807) is 7.11 Å². The summed E-state index contributed by atoms with van der Waals surface area (Å²) in [4.78, 5) is 2.58. The Bertz CT molecular complexity index is 225. The lowest BCUT2D eigenvalue weighted by Gasteiger charge is -2.40. The molecule has 1 saturated carbocycles. The van der Waals surface area contributed by atoms with Crippen LogP contribution < -0.4 is 5.73 Å². The van der Waals surface area contributed by atoms with E-state index in [2.05, 4.69) is 4.90 Å². The van der Waals surface area contributed by atoms with Crippen molar-refractivity contribution >= 4 is 0 Å². The number of rotatable bonds is 7. The van der Waals surface area contributed by atoms with Gasteiger partial charge in [-0.25, -0.2) is 0 Å². The predicted octanol–water partition coefficient (Wildman–Crippen LogP) is 0.853. The number of hydrogen-bond acceptors (Lipinski definition) is 4. The average Bonchev–Trinajstić information content (AvgIpc) is 3.20. The van der Waals surface area contributed by atoms with Crippen LogP contribution in [0, 0.1) is 5.41 Å². The van der Waals surface area contributed by atoms with Crippen LogP contribution in [0.25, 0.3) is 0 Å². The van der Waals surface area contributed by atoms with Crippen molar-refractivity contribution in [3.05, 3.63) is 0 Å². The van der Waals surface area contributed by atoms with Crippen molar-refractivity contribution in [3.8, 4) is 0 Å². The summed E-state index contributed by atoms with van der Waals surface area (Å²) in [6.07, 6.45) is 4.92. The Morgan fingerprint density at radius 1 is 1.35 bits per heavy atom. The molecular formula is C13H26N2O2. The predicted molar refractivity (Wildman–Crippen MR) is 68.0 cm³/mol. The molecule has 0 aromatic carbocycles. The lowest BCUT2D eigenvalue weighted by molar-refractivity contribution is -0.00514. The van der Waals surface area contributed by atoms with Crippen LogP contribution in [0.4, 0.5) is 0 Å². The van der Waals surface area contributed by atoms with Crippen LogP contribution in [0.1, 0.15) is 25.7 Å². The summed E-state index contributed by atoms with van der Waals surface area (Å²) in [5.41, 5.74) is 6.31. The molecule has 4 nitrogen and oxygen atoms in total. The Hall–Kier alpha value is -0.160. The monoisotopic (exact) mass is 242 g/mol. The lowest BCUT2D eigenvalue weighted by Crippen LogP contribution is -2.47. The van der Waals surface area contributed by atoms with Crippen LogP contribution in [0.5, 0.6) is 0 Å². The second kappa shape index (κ2) is 6.14. The molecule has 2 aliphatic rings. The second-order valence-corrected chi connectivity index (χ2v) is 5.51. The molecule has 1 saturated heterocycles. The maximum atomic E-state index is 6.02. The van der Waals surface area contributed by atoms with Crippen molar-refractivity contribution in [2.75, 3.05) is 46.6 Å². The van der Waals surface area contributed by atoms with Crippen LogP contribution in [0.15, 0.2) is 0 Å². The molecule has 0 unspecified atom stereocenters. The molecule has 100 valence electrons. The third-order valence-corrected chi connectivity index (χ3v) is 4.17. The standard InChI is InChI=1S/C13H26N2O2/c1-16-9-6-15(12-2-3-12)11-13(10-14)4-7-17-8-5-13/h12H,2-11,14H2,1H3. The number of hydrogen-bond donors (Lipinski definition) is 1. The normalized spacial score (nSPS) is 24.2. The zero-order chi connectivity index (χ0) is 12.1. The summed E-state index contributed by atoms with van der Waals surface area (Å²) >= 11 is 0. The fraction of sp³-hybridized carbons (Fsp3) is 1.00. The van der Waals surface area contributed by atoms with Gasteiger partial charge in [0.25, 0.3) is 0 Å². The highest BCUT2D eigenvalue weighted by Crippen LogP contribution is 2.35. The smallest absolute Gasteiger partial charge is 0.0589 e. The number of ether oxygens (including phenoxy) is 2. The first-order valence-corrected chi connectivity index (χ1v) is 6.80. The first-order valence-electron chi connectivity index (χ1n) is 6.80. The lowest BCUT2D eigenvalue weighted by atomic mass is 9.79. The van der Waals surface area contributed by atoms with Gasteiger partial charge in [-0.3, -0.25) is 4.90 Å². The second-order valence-electron chi connectivity index (χ2n) is 5.51. The van der Waals surface area contributed by atoms with Crippen molar-refractivity contribution < 1.29 is 9.47 Å². The highest BCUT2D eigenvalue weighted by atomic mass is 16.5. The Morgan fingerprint density at radius 3 is 2.59 bits per heavy atom. The highest BCUT2D eigenvalue weighted by Gasteiger charge is 2.37. The van der Waals surface area contributed by atoms with Crippen LogP contribution >= 0.6 is 0 Å². The quantitative estimate of drug-likeness (QED) is 0.719. The fourth-order valence-corrected chi connectivity index (χ4v) is 2.70. The van der Waals surface area contributed by atoms with Gasteiger partial charge in [0.05, 0.1) is 6.61 Å². The van der Waals surface area contributed by atoms with Gasteiger partial charge in [-0.15, -0.1) is 0 Å². The van der Waals surface area contributed by atoms with E-state index in [0.29, 0.717) is 0 Å². The van der Waals surface area contributed by atoms with Crippen molar-refractivity contribution in [1.29, 1.82) is 0 Å². The van der Waals surface area contributed by atoms with Gasteiger partial charge < -0.3 is 15.2 Å². The molecule has 1 aliphatic carbocycles. The summed E-state index contributed by atoms with van der Waals surface area (Å²) in [7, 11) is 1.78. The molecule has 17 heavy (non-hydrogen) atoms. The van der Waals surface area contributed by atoms with Crippen molar-refractivity contribution in [2.45, 2.75) is 31.7 Å². The molecular weight excluding hydrogens is 216 g/mol. The summed E-state index contributed by atoms with van der Waals surface area (Å²) < 4.78 is 10.7. The van der Waals surface area contributed by atoms with Crippen LogP contribution in [-0.2, 0) is 9.47 Å². The van der Waals surface area contributed by atoms with Gasteiger partial charge in [-0.05, 0) is 37.6 Å². The van der Waals surface area contributed by atoms with Gasteiger partial charge in [0.1, 0.15) is 0 Å². The minimum absolute atomic E-state index is 0.286. The third kappa shape index (κ3) is 3.65. The Kier molecular flexibility index (Phi) is 4.79. The van der Waals surface area contributed by atoms with Crippen molar-refractivity contribution in [3.63, 3.8) is 0 Å². The number of methoxy groups -OCH3 is 1. The van der Waals surface area contributed by atoms with E-state index in [4.69, 9.17) is 15.2 Å². The summed E-state index contributed by atoms with van der Waals surface area (Å²) in [5, 5.41) is 0. The van der Waals surface area contributed by atoms with Crippen LogP contribution in [-0.4, -0.2) is 57.5 Å². The SMILES string of the molecule is COCCN(CC1(CN)CCOCC1)C1CC1. The van der Waals surface area contributed by atoms with E-state index in [9.17, 15) is 0 Å². The zero-order valence-corrected chi connectivity index (χ0v) is 11.0. The maximum Gasteiger partial charge on any atom is 0.0589 e. The van der Waals surface area contributed by atoms with E-state index in [1.807, 2.05) is 0 Å². The van der Waals surface area contributed by atoms with E-state index in [0.717, 1.165) is 58.3 Å². The first-order chi connectivity index (χ1) is 8.29. The summed E-state index contributed by atoms with van der Waals surface area (Å²) in [6.45, 7) is 5.53. The third-order valence-electron chi connectivity index (χ3n) is 4.17. The molecule has 0 bridgehead atoms. The molecule has 1 aliphatic heterocycles. The largest absolute Gasteiger partial charge is 0.383 e. The number of nitrogens with zero attached hydrogens (tertiary/aromatic N) is 1. The minimum Gasteiger partial charge on any atom is -0.383 e. The summed E-state index contributed by atoms with van der Waals surface area (Å²) in [6, 6.07) is 0.788. The van der Waals surface area contributed by atoms with Gasteiger partial charge in [0.2, 0.25) is 0 Å². The van der Waals surface area contributed by atoms with Gasteiger partial charge in [-0.2, -0.15) is 0 Å². The zero-order valence-electron chi connectivity index (χ0n) is 11.0. The fourth-order valence-electron chi connectivity index (χ4n) is 2.70.